The van der Waals surface area contributed by atoms with Gasteiger partial charge in [-0.2, -0.15) is 0 Å². The van der Waals surface area contributed by atoms with Crippen molar-refractivity contribution in [1.82, 2.24) is 0 Å². The lowest BCUT2D eigenvalue weighted by Gasteiger charge is -2.18. The van der Waals surface area contributed by atoms with Gasteiger partial charge in [-0.1, -0.05) is 223 Å². The molecule has 0 bridgehead atoms. The summed E-state index contributed by atoms with van der Waals surface area (Å²) in [5.74, 6) is -0.904. The van der Waals surface area contributed by atoms with Gasteiger partial charge in [0.15, 0.2) is 6.10 Å². The number of carbonyl (C=O) groups excluding carboxylic acids is 3. The quantitative estimate of drug-likeness (QED) is 0.0199. The van der Waals surface area contributed by atoms with Gasteiger partial charge >= 0.3 is 17.9 Å². The van der Waals surface area contributed by atoms with Crippen molar-refractivity contribution in [1.29, 1.82) is 0 Å². The maximum Gasteiger partial charge on any atom is 0.306 e. The van der Waals surface area contributed by atoms with Crippen molar-refractivity contribution in [3.05, 3.63) is 60.8 Å². The molecule has 358 valence electrons. The number of carbonyl (C=O) groups is 3. The summed E-state index contributed by atoms with van der Waals surface area (Å²) in [6.45, 7) is 6.48. The van der Waals surface area contributed by atoms with Crippen molar-refractivity contribution in [2.45, 2.75) is 264 Å². The fourth-order valence-electron chi connectivity index (χ4n) is 7.33. The van der Waals surface area contributed by atoms with Crippen LogP contribution in [0.15, 0.2) is 60.8 Å². The average Bonchev–Trinajstić information content (AvgIpc) is 3.27. The highest BCUT2D eigenvalue weighted by Gasteiger charge is 2.19. The summed E-state index contributed by atoms with van der Waals surface area (Å²) in [6.07, 6.45) is 62.0. The zero-order valence-electron chi connectivity index (χ0n) is 40.9. The topological polar surface area (TPSA) is 78.9 Å². The van der Waals surface area contributed by atoms with Gasteiger partial charge in [-0.3, -0.25) is 14.4 Å². The molecule has 0 aliphatic heterocycles. The van der Waals surface area contributed by atoms with Crippen LogP contribution < -0.4 is 0 Å². The molecule has 0 N–H and O–H groups in total. The Morgan fingerprint density at radius 3 is 1.11 bits per heavy atom. The Kier molecular flexibility index (Phi) is 48.4. The van der Waals surface area contributed by atoms with E-state index in [1.807, 2.05) is 0 Å². The molecule has 62 heavy (non-hydrogen) atoms. The van der Waals surface area contributed by atoms with E-state index in [1.54, 1.807) is 0 Å². The van der Waals surface area contributed by atoms with Gasteiger partial charge in [-0.05, 0) is 77.0 Å². The summed E-state index contributed by atoms with van der Waals surface area (Å²) in [5, 5.41) is 0. The molecule has 0 aliphatic rings. The van der Waals surface area contributed by atoms with E-state index in [2.05, 4.69) is 81.5 Å². The number of ether oxygens (including phenoxy) is 3. The molecule has 0 radical (unpaired) electrons. The van der Waals surface area contributed by atoms with Gasteiger partial charge in [-0.15, -0.1) is 0 Å². The third-order valence-electron chi connectivity index (χ3n) is 11.3. The second kappa shape index (κ2) is 50.8. The minimum absolute atomic E-state index is 0.0826. The van der Waals surface area contributed by atoms with Gasteiger partial charge in [0.25, 0.3) is 0 Å². The van der Waals surface area contributed by atoms with Crippen molar-refractivity contribution in [2.75, 3.05) is 13.2 Å². The second-order valence-corrected chi connectivity index (χ2v) is 17.4. The molecule has 0 heterocycles. The molecule has 0 aliphatic carbocycles. The molecule has 1 unspecified atom stereocenters. The highest BCUT2D eigenvalue weighted by Crippen LogP contribution is 2.15. The van der Waals surface area contributed by atoms with Crippen molar-refractivity contribution < 1.29 is 28.6 Å². The van der Waals surface area contributed by atoms with Crippen LogP contribution in [0.1, 0.15) is 258 Å². The summed E-state index contributed by atoms with van der Waals surface area (Å²) in [5.41, 5.74) is 0. The first-order chi connectivity index (χ1) is 30.5. The van der Waals surface area contributed by atoms with Gasteiger partial charge in [0, 0.05) is 19.3 Å². The van der Waals surface area contributed by atoms with E-state index in [-0.39, 0.29) is 31.1 Å². The van der Waals surface area contributed by atoms with E-state index in [4.69, 9.17) is 14.2 Å². The highest BCUT2D eigenvalue weighted by molar-refractivity contribution is 5.71. The van der Waals surface area contributed by atoms with E-state index < -0.39 is 6.10 Å². The average molecular weight is 867 g/mol. The molecule has 1 atom stereocenters. The van der Waals surface area contributed by atoms with E-state index in [9.17, 15) is 14.4 Å². The summed E-state index contributed by atoms with van der Waals surface area (Å²) >= 11 is 0. The molecule has 0 amide bonds. The Morgan fingerprint density at radius 2 is 0.677 bits per heavy atom. The van der Waals surface area contributed by atoms with Crippen LogP contribution in [0.5, 0.6) is 0 Å². The van der Waals surface area contributed by atoms with Crippen LogP contribution in [-0.2, 0) is 28.6 Å². The third kappa shape index (κ3) is 48.1. The van der Waals surface area contributed by atoms with Crippen LogP contribution in [-0.4, -0.2) is 37.2 Å². The second-order valence-electron chi connectivity index (χ2n) is 17.4. The SMILES string of the molecule is CC/C=C\C/C=C\C/C=C\CCCCCCC(=O)OC(COC(=O)CCCCCCCCCCCCC)COC(=O)CCCCCCCCCCCC/C=C\C=C/CCCCC. The number of hydrogen-bond acceptors (Lipinski definition) is 6. The molecular weight excluding hydrogens is 769 g/mol. The fraction of sp³-hybridized carbons (Fsp3) is 0.768. The molecule has 0 rings (SSSR count). The first-order valence-corrected chi connectivity index (χ1v) is 26.3. The number of allylic oxidation sites excluding steroid dienone is 10. The van der Waals surface area contributed by atoms with Gasteiger partial charge < -0.3 is 14.2 Å². The van der Waals surface area contributed by atoms with E-state index >= 15 is 0 Å². The first-order valence-electron chi connectivity index (χ1n) is 26.3. The lowest BCUT2D eigenvalue weighted by Crippen LogP contribution is -2.30. The normalized spacial score (nSPS) is 12.5. The first kappa shape index (κ1) is 59.1. The van der Waals surface area contributed by atoms with Gasteiger partial charge in [0.2, 0.25) is 0 Å². The Balaban J connectivity index is 4.35. The van der Waals surface area contributed by atoms with Crippen molar-refractivity contribution in [3.63, 3.8) is 0 Å². The summed E-state index contributed by atoms with van der Waals surface area (Å²) in [4.78, 5) is 38.0. The Hall–Kier alpha value is -2.89. The lowest BCUT2D eigenvalue weighted by atomic mass is 10.1. The van der Waals surface area contributed by atoms with Crippen LogP contribution in [0.4, 0.5) is 0 Å². The Morgan fingerprint density at radius 1 is 0.355 bits per heavy atom. The maximum atomic E-state index is 12.8. The third-order valence-corrected chi connectivity index (χ3v) is 11.3. The van der Waals surface area contributed by atoms with Crippen LogP contribution in [0.3, 0.4) is 0 Å². The van der Waals surface area contributed by atoms with E-state index in [1.165, 1.54) is 128 Å². The molecule has 6 heteroatoms. The van der Waals surface area contributed by atoms with Gasteiger partial charge in [0.1, 0.15) is 13.2 Å². The van der Waals surface area contributed by atoms with Crippen LogP contribution in [0.25, 0.3) is 0 Å². The standard InChI is InChI=1S/C56H98O6/c1-4-7-10-13-16-19-22-24-26-27-28-29-30-32-34-37-40-43-46-49-55(58)61-52-53(51-60-54(57)48-45-42-39-36-33-21-18-15-12-9-6-3)62-56(59)50-47-44-41-38-35-31-25-23-20-17-14-11-8-5-2/h8,11,16-17,19-20,22,24-25,31,53H,4-7,9-10,12-15,18,21,23,26-30,32-52H2,1-3H3/b11-8-,19-16-,20-17-,24-22-,31-25-. The van der Waals surface area contributed by atoms with Crippen molar-refractivity contribution in [2.24, 2.45) is 0 Å². The maximum absolute atomic E-state index is 12.8. The number of esters is 3. The van der Waals surface area contributed by atoms with Crippen LogP contribution >= 0.6 is 0 Å². The Bertz CT molecular complexity index is 1130. The molecule has 0 spiro atoms. The van der Waals surface area contributed by atoms with Gasteiger partial charge in [-0.25, -0.2) is 0 Å². The molecule has 0 saturated carbocycles. The molecule has 0 aromatic heterocycles. The largest absolute Gasteiger partial charge is 0.462 e. The van der Waals surface area contributed by atoms with Crippen molar-refractivity contribution in [3.8, 4) is 0 Å². The van der Waals surface area contributed by atoms with Gasteiger partial charge in [0.05, 0.1) is 0 Å². The predicted molar refractivity (Wildman–Crippen MR) is 265 cm³/mol. The smallest absolute Gasteiger partial charge is 0.306 e. The van der Waals surface area contributed by atoms with E-state index in [0.29, 0.717) is 19.3 Å². The molecular formula is C56H98O6. The van der Waals surface area contributed by atoms with Crippen molar-refractivity contribution >= 4 is 17.9 Å². The lowest BCUT2D eigenvalue weighted by molar-refractivity contribution is -0.167. The minimum atomic E-state index is -0.784. The molecule has 6 nitrogen and oxygen atoms in total. The summed E-state index contributed by atoms with van der Waals surface area (Å²) < 4.78 is 16.8. The molecule has 0 saturated heterocycles. The zero-order chi connectivity index (χ0) is 45.1. The summed E-state index contributed by atoms with van der Waals surface area (Å²) in [7, 11) is 0. The van der Waals surface area contributed by atoms with Crippen LogP contribution in [0.2, 0.25) is 0 Å². The van der Waals surface area contributed by atoms with Crippen LogP contribution in [0, 0.1) is 0 Å². The monoisotopic (exact) mass is 867 g/mol. The zero-order valence-corrected chi connectivity index (χ0v) is 40.9. The Labute approximate surface area is 383 Å². The minimum Gasteiger partial charge on any atom is -0.462 e. The predicted octanol–water partition coefficient (Wildman–Crippen LogP) is 17.3. The highest BCUT2D eigenvalue weighted by atomic mass is 16.6. The van der Waals surface area contributed by atoms with E-state index in [0.717, 1.165) is 89.9 Å². The molecule has 0 aromatic rings. The number of unbranched alkanes of at least 4 members (excludes halogenated alkanes) is 27. The summed E-state index contributed by atoms with van der Waals surface area (Å²) in [6, 6.07) is 0. The number of hydrogen-bond donors (Lipinski definition) is 0. The molecule has 0 aromatic carbocycles. The molecule has 0 fully saturated rings. The fourth-order valence-corrected chi connectivity index (χ4v) is 7.33. The number of rotatable bonds is 47.